The molecule has 37 heavy (non-hydrogen) atoms. The van der Waals surface area contributed by atoms with Crippen LogP contribution < -0.4 is 4.18 Å². The molecule has 0 bridgehead atoms. The van der Waals surface area contributed by atoms with Crippen molar-refractivity contribution in [3.8, 4) is 5.75 Å². The molecule has 1 amide bonds. The van der Waals surface area contributed by atoms with Crippen LogP contribution in [0.2, 0.25) is 10.2 Å². The summed E-state index contributed by atoms with van der Waals surface area (Å²) < 4.78 is 70.9. The number of aliphatic hydroxyl groups is 1. The summed E-state index contributed by atoms with van der Waals surface area (Å²) in [6.45, 7) is 4.85. The van der Waals surface area contributed by atoms with Gasteiger partial charge in [0.05, 0.1) is 17.7 Å². The van der Waals surface area contributed by atoms with Crippen molar-refractivity contribution in [2.24, 2.45) is 0 Å². The van der Waals surface area contributed by atoms with Gasteiger partial charge in [-0.3, -0.25) is 0 Å². The summed E-state index contributed by atoms with van der Waals surface area (Å²) in [6.07, 6.45) is 0.468. The third-order valence-corrected chi connectivity index (χ3v) is 7.18. The fourth-order valence-corrected chi connectivity index (χ4v) is 4.54. The number of fused-ring (bicyclic) bond motifs is 1. The number of aromatic nitrogens is 1. The summed E-state index contributed by atoms with van der Waals surface area (Å²) in [5, 5.41) is 11.0. The van der Waals surface area contributed by atoms with E-state index in [0.717, 1.165) is 11.6 Å². The van der Waals surface area contributed by atoms with Gasteiger partial charge in [-0.25, -0.2) is 9.78 Å². The third-order valence-electron chi connectivity index (χ3n) is 5.51. The molecule has 1 heterocycles. The fourth-order valence-electron chi connectivity index (χ4n) is 3.81. The van der Waals surface area contributed by atoms with Crippen LogP contribution in [0.15, 0.2) is 30.5 Å². The number of aliphatic hydroxyl groups excluding tert-OH is 1. The van der Waals surface area contributed by atoms with Gasteiger partial charge in [-0.2, -0.15) is 21.6 Å². The second kappa shape index (κ2) is 10.8. The maximum atomic E-state index is 13.1. The second-order valence-corrected chi connectivity index (χ2v) is 11.8. The zero-order valence-electron chi connectivity index (χ0n) is 20.1. The molecule has 14 heteroatoms. The van der Waals surface area contributed by atoms with E-state index in [2.05, 4.69) is 9.17 Å². The van der Waals surface area contributed by atoms with Gasteiger partial charge in [0.2, 0.25) is 0 Å². The molecule has 2 aromatic rings. The summed E-state index contributed by atoms with van der Waals surface area (Å²) in [5.74, 6) is -0.498. The maximum absolute atomic E-state index is 13.1. The van der Waals surface area contributed by atoms with Crippen molar-refractivity contribution in [2.45, 2.75) is 63.3 Å². The van der Waals surface area contributed by atoms with Crippen LogP contribution in [-0.4, -0.2) is 53.2 Å². The van der Waals surface area contributed by atoms with E-state index >= 15 is 0 Å². The van der Waals surface area contributed by atoms with E-state index in [4.69, 9.17) is 27.9 Å². The molecule has 0 saturated carbocycles. The van der Waals surface area contributed by atoms with Crippen LogP contribution in [0, 0.1) is 0 Å². The van der Waals surface area contributed by atoms with Gasteiger partial charge in [0.1, 0.15) is 16.5 Å². The number of carbonyl (C=O) groups excluding carboxylic acids is 1. The van der Waals surface area contributed by atoms with E-state index < -0.39 is 45.2 Å². The Balaban J connectivity index is 1.87. The van der Waals surface area contributed by atoms with Crippen molar-refractivity contribution in [1.82, 2.24) is 9.88 Å². The highest BCUT2D eigenvalue weighted by Crippen LogP contribution is 2.33. The molecule has 3 rings (SSSR count). The lowest BCUT2D eigenvalue weighted by Crippen LogP contribution is -2.47. The first-order valence-corrected chi connectivity index (χ1v) is 13.2. The first-order valence-electron chi connectivity index (χ1n) is 11.1. The summed E-state index contributed by atoms with van der Waals surface area (Å²) in [4.78, 5) is 18.4. The Morgan fingerprint density at radius 1 is 1.22 bits per heavy atom. The molecule has 8 nitrogen and oxygen atoms in total. The lowest BCUT2D eigenvalue weighted by molar-refractivity contribution is -0.0500. The molecule has 1 N–H and O–H groups in total. The van der Waals surface area contributed by atoms with Crippen molar-refractivity contribution in [3.63, 3.8) is 0 Å². The van der Waals surface area contributed by atoms with Gasteiger partial charge in [-0.15, -0.1) is 0 Å². The normalized spacial score (nSPS) is 17.1. The van der Waals surface area contributed by atoms with Crippen LogP contribution >= 0.6 is 23.2 Å². The van der Waals surface area contributed by atoms with Crippen molar-refractivity contribution in [3.05, 3.63) is 57.3 Å². The van der Waals surface area contributed by atoms with E-state index in [1.54, 1.807) is 20.8 Å². The zero-order chi connectivity index (χ0) is 27.8. The van der Waals surface area contributed by atoms with Crippen LogP contribution in [0.5, 0.6) is 5.75 Å². The number of alkyl halides is 3. The van der Waals surface area contributed by atoms with Gasteiger partial charge < -0.3 is 18.9 Å². The predicted octanol–water partition coefficient (Wildman–Crippen LogP) is 5.44. The number of hydrogen-bond acceptors (Lipinski definition) is 7. The topological polar surface area (TPSA) is 106 Å². The largest absolute Gasteiger partial charge is 0.534 e. The average Bonchev–Trinajstić information content (AvgIpc) is 2.76. The monoisotopic (exact) mass is 584 g/mol. The third kappa shape index (κ3) is 7.40. The van der Waals surface area contributed by atoms with Crippen molar-refractivity contribution in [2.75, 3.05) is 6.54 Å². The quantitative estimate of drug-likeness (QED) is 0.273. The molecule has 0 saturated heterocycles. The summed E-state index contributed by atoms with van der Waals surface area (Å²) in [6, 6.07) is 4.74. The lowest BCUT2D eigenvalue weighted by atomic mass is 9.87. The number of aryl methyl sites for hydroxylation is 1. The van der Waals surface area contributed by atoms with E-state index in [-0.39, 0.29) is 23.1 Å². The standard InChI is InChI=1S/C23H25Cl2F3N2O6S/c1-22(2,3)35-21(32)30(12-19(31)15-10-18(24)20(25)29-11-15)16-6-4-13-5-7-17(9-14(13)8-16)36-37(33,34)23(26,27)28/h5,7,9-11,16,19,31H,4,6,8,12H2,1-3H3/t16-,19+/m0/s1. The van der Waals surface area contributed by atoms with E-state index in [1.807, 2.05) is 0 Å². The number of ether oxygens (including phenoxy) is 1. The molecule has 1 aromatic carbocycles. The van der Waals surface area contributed by atoms with E-state index in [1.165, 1.54) is 29.3 Å². The Morgan fingerprint density at radius 3 is 2.49 bits per heavy atom. The number of pyridine rings is 1. The van der Waals surface area contributed by atoms with Crippen molar-refractivity contribution in [1.29, 1.82) is 0 Å². The van der Waals surface area contributed by atoms with Crippen LogP contribution in [-0.2, 0) is 27.7 Å². The van der Waals surface area contributed by atoms with Crippen molar-refractivity contribution < 1.29 is 40.4 Å². The molecule has 0 radical (unpaired) electrons. The summed E-state index contributed by atoms with van der Waals surface area (Å²) in [7, 11) is -5.84. The lowest BCUT2D eigenvalue weighted by Gasteiger charge is -2.37. The highest BCUT2D eigenvalue weighted by molar-refractivity contribution is 7.88. The SMILES string of the molecule is CC(C)(C)OC(=O)N(C[C@@H](O)c1cnc(Cl)c(Cl)c1)[C@H]1CCc2ccc(OS(=O)(=O)C(F)(F)F)cc2C1. The molecule has 2 atom stereocenters. The van der Waals surface area contributed by atoms with Crippen LogP contribution in [0.25, 0.3) is 0 Å². The zero-order valence-corrected chi connectivity index (χ0v) is 22.4. The number of amides is 1. The molecular weight excluding hydrogens is 560 g/mol. The molecule has 1 aromatic heterocycles. The number of carbonyl (C=O) groups is 1. The Morgan fingerprint density at radius 2 is 1.89 bits per heavy atom. The Hall–Kier alpha value is -2.28. The smallest absolute Gasteiger partial charge is 0.444 e. The van der Waals surface area contributed by atoms with Gasteiger partial charge >= 0.3 is 21.7 Å². The first-order chi connectivity index (χ1) is 17.0. The van der Waals surface area contributed by atoms with Crippen molar-refractivity contribution >= 4 is 39.4 Å². The molecule has 0 fully saturated rings. The van der Waals surface area contributed by atoms with Crippen LogP contribution in [0.3, 0.4) is 0 Å². The van der Waals surface area contributed by atoms with Gasteiger partial charge in [0, 0.05) is 17.8 Å². The predicted molar refractivity (Wildman–Crippen MR) is 130 cm³/mol. The van der Waals surface area contributed by atoms with Gasteiger partial charge in [-0.05, 0) is 69.4 Å². The van der Waals surface area contributed by atoms with Crippen LogP contribution in [0.1, 0.15) is 50.0 Å². The second-order valence-electron chi connectivity index (χ2n) is 9.50. The number of halogens is 5. The molecule has 0 aliphatic heterocycles. The molecule has 0 spiro atoms. The Labute approximate surface area is 222 Å². The first kappa shape index (κ1) is 29.3. The molecule has 1 aliphatic carbocycles. The molecule has 204 valence electrons. The van der Waals surface area contributed by atoms with Gasteiger partial charge in [0.15, 0.2) is 0 Å². The fraction of sp³-hybridized carbons (Fsp3) is 0.478. The minimum absolute atomic E-state index is 0.0519. The molecular formula is C23H25Cl2F3N2O6S. The Kier molecular flexibility index (Phi) is 8.57. The van der Waals surface area contributed by atoms with Gasteiger partial charge in [-0.1, -0.05) is 29.3 Å². The average molecular weight is 585 g/mol. The summed E-state index contributed by atoms with van der Waals surface area (Å²) in [5.41, 5.74) is -4.83. The molecule has 0 unspecified atom stereocenters. The highest BCUT2D eigenvalue weighted by atomic mass is 35.5. The number of nitrogens with zero attached hydrogens (tertiary/aromatic N) is 2. The summed E-state index contributed by atoms with van der Waals surface area (Å²) >= 11 is 11.8. The van der Waals surface area contributed by atoms with Gasteiger partial charge in [0.25, 0.3) is 0 Å². The number of hydrogen-bond donors (Lipinski definition) is 1. The number of benzene rings is 1. The minimum Gasteiger partial charge on any atom is -0.444 e. The Bertz CT molecular complexity index is 1270. The highest BCUT2D eigenvalue weighted by Gasteiger charge is 2.48. The van der Waals surface area contributed by atoms with E-state index in [0.29, 0.717) is 24.0 Å². The molecule has 1 aliphatic rings. The maximum Gasteiger partial charge on any atom is 0.534 e. The minimum atomic E-state index is -5.84. The van der Waals surface area contributed by atoms with Crippen LogP contribution in [0.4, 0.5) is 18.0 Å². The number of rotatable bonds is 6. The van der Waals surface area contributed by atoms with E-state index in [9.17, 15) is 31.5 Å².